The van der Waals surface area contributed by atoms with Crippen LogP contribution in [-0.2, 0) is 0 Å². The molecule has 2 aromatic rings. The second-order valence-electron chi connectivity index (χ2n) is 5.01. The quantitative estimate of drug-likeness (QED) is 0.851. The lowest BCUT2D eigenvalue weighted by Crippen LogP contribution is -2.11. The number of anilines is 2. The Morgan fingerprint density at radius 1 is 1.26 bits per heavy atom. The molecular formula is C16H22N2S. The topological polar surface area (TPSA) is 15.3 Å². The van der Waals surface area contributed by atoms with Crippen molar-refractivity contribution < 1.29 is 0 Å². The van der Waals surface area contributed by atoms with Gasteiger partial charge in [-0.15, -0.1) is 11.3 Å². The molecule has 1 atom stereocenters. The summed E-state index contributed by atoms with van der Waals surface area (Å²) in [7, 11) is 4.14. The highest BCUT2D eigenvalue weighted by Crippen LogP contribution is 2.29. The van der Waals surface area contributed by atoms with Gasteiger partial charge in [-0.1, -0.05) is 13.0 Å². The molecule has 3 heteroatoms. The van der Waals surface area contributed by atoms with Crippen molar-refractivity contribution in [2.75, 3.05) is 24.3 Å². The Balaban J connectivity index is 2.18. The Hall–Kier alpha value is -1.48. The standard InChI is InChI=1S/C16H22N2S/c1-5-14(16-7-6-10-19-16)17-15-9-8-13(18(3)4)11-12(15)2/h6-11,14,17H,5H2,1-4H3. The lowest BCUT2D eigenvalue weighted by Gasteiger charge is -2.20. The molecule has 19 heavy (non-hydrogen) atoms. The summed E-state index contributed by atoms with van der Waals surface area (Å²) in [5.74, 6) is 0. The van der Waals surface area contributed by atoms with E-state index in [2.05, 4.69) is 73.9 Å². The Kier molecular flexibility index (Phi) is 4.48. The highest BCUT2D eigenvalue weighted by atomic mass is 32.1. The van der Waals surface area contributed by atoms with Gasteiger partial charge in [-0.3, -0.25) is 0 Å². The van der Waals surface area contributed by atoms with Crippen molar-refractivity contribution in [2.45, 2.75) is 26.3 Å². The molecule has 0 aliphatic carbocycles. The second kappa shape index (κ2) is 6.11. The summed E-state index contributed by atoms with van der Waals surface area (Å²) >= 11 is 1.82. The van der Waals surface area contributed by atoms with Gasteiger partial charge in [-0.25, -0.2) is 0 Å². The number of nitrogens with zero attached hydrogens (tertiary/aromatic N) is 1. The van der Waals surface area contributed by atoms with Gasteiger partial charge in [0, 0.05) is 30.3 Å². The number of nitrogens with one attached hydrogen (secondary N) is 1. The molecule has 1 heterocycles. The van der Waals surface area contributed by atoms with Gasteiger partial charge >= 0.3 is 0 Å². The van der Waals surface area contributed by atoms with E-state index in [9.17, 15) is 0 Å². The van der Waals surface area contributed by atoms with E-state index in [1.807, 2.05) is 11.3 Å². The third-order valence-corrected chi connectivity index (χ3v) is 4.34. The Labute approximate surface area is 120 Å². The smallest absolute Gasteiger partial charge is 0.0604 e. The summed E-state index contributed by atoms with van der Waals surface area (Å²) in [5.41, 5.74) is 3.76. The number of aryl methyl sites for hydroxylation is 1. The molecule has 0 aliphatic rings. The highest BCUT2D eigenvalue weighted by Gasteiger charge is 2.11. The van der Waals surface area contributed by atoms with Crippen LogP contribution in [0, 0.1) is 6.92 Å². The largest absolute Gasteiger partial charge is 0.378 e. The van der Waals surface area contributed by atoms with E-state index in [1.165, 1.54) is 21.8 Å². The van der Waals surface area contributed by atoms with Crippen LogP contribution in [0.5, 0.6) is 0 Å². The third kappa shape index (κ3) is 3.29. The minimum Gasteiger partial charge on any atom is -0.378 e. The lowest BCUT2D eigenvalue weighted by atomic mass is 10.1. The van der Waals surface area contributed by atoms with Crippen molar-refractivity contribution in [3.8, 4) is 0 Å². The fourth-order valence-corrected chi connectivity index (χ4v) is 3.00. The molecule has 1 aromatic heterocycles. The zero-order chi connectivity index (χ0) is 13.8. The molecule has 1 unspecified atom stereocenters. The maximum atomic E-state index is 3.66. The van der Waals surface area contributed by atoms with Crippen molar-refractivity contribution in [2.24, 2.45) is 0 Å². The average Bonchev–Trinajstić information content (AvgIpc) is 2.91. The molecule has 1 aromatic carbocycles. The van der Waals surface area contributed by atoms with Crippen LogP contribution in [0.2, 0.25) is 0 Å². The molecule has 1 N–H and O–H groups in total. The summed E-state index contributed by atoms with van der Waals surface area (Å²) < 4.78 is 0. The predicted octanol–water partition coefficient (Wildman–Crippen LogP) is 4.69. The van der Waals surface area contributed by atoms with Crippen LogP contribution in [0.4, 0.5) is 11.4 Å². The van der Waals surface area contributed by atoms with Crippen LogP contribution in [0.1, 0.15) is 29.8 Å². The van der Waals surface area contributed by atoms with Crippen LogP contribution >= 0.6 is 11.3 Å². The summed E-state index contributed by atoms with van der Waals surface area (Å²) in [4.78, 5) is 3.53. The highest BCUT2D eigenvalue weighted by molar-refractivity contribution is 7.10. The van der Waals surface area contributed by atoms with Gasteiger partial charge in [0.15, 0.2) is 0 Å². The van der Waals surface area contributed by atoms with Gasteiger partial charge in [0.2, 0.25) is 0 Å². The SMILES string of the molecule is CCC(Nc1ccc(N(C)C)cc1C)c1cccs1. The number of benzene rings is 1. The van der Waals surface area contributed by atoms with Crippen LogP contribution in [-0.4, -0.2) is 14.1 Å². The first-order chi connectivity index (χ1) is 9.11. The van der Waals surface area contributed by atoms with Crippen LogP contribution in [0.25, 0.3) is 0 Å². The van der Waals surface area contributed by atoms with Crippen molar-refractivity contribution in [1.29, 1.82) is 0 Å². The minimum absolute atomic E-state index is 0.406. The zero-order valence-corrected chi connectivity index (χ0v) is 12.9. The van der Waals surface area contributed by atoms with Gasteiger partial charge in [0.1, 0.15) is 0 Å². The lowest BCUT2D eigenvalue weighted by molar-refractivity contribution is 0.763. The van der Waals surface area contributed by atoms with Crippen molar-refractivity contribution in [1.82, 2.24) is 0 Å². The van der Waals surface area contributed by atoms with Gasteiger partial charge in [0.25, 0.3) is 0 Å². The van der Waals surface area contributed by atoms with E-state index in [0.29, 0.717) is 6.04 Å². The summed E-state index contributed by atoms with van der Waals surface area (Å²) in [6.45, 7) is 4.39. The molecule has 0 spiro atoms. The van der Waals surface area contributed by atoms with E-state index in [1.54, 1.807) is 0 Å². The molecule has 0 radical (unpaired) electrons. The van der Waals surface area contributed by atoms with Crippen LogP contribution < -0.4 is 10.2 Å². The molecule has 0 saturated carbocycles. The molecule has 0 aliphatic heterocycles. The van der Waals surface area contributed by atoms with E-state index in [0.717, 1.165) is 6.42 Å². The molecule has 102 valence electrons. The maximum Gasteiger partial charge on any atom is 0.0604 e. The third-order valence-electron chi connectivity index (χ3n) is 3.35. The van der Waals surface area contributed by atoms with E-state index < -0.39 is 0 Å². The molecule has 0 bridgehead atoms. The first-order valence-corrected chi connectivity index (χ1v) is 7.57. The van der Waals surface area contributed by atoms with E-state index >= 15 is 0 Å². The normalized spacial score (nSPS) is 12.2. The van der Waals surface area contributed by atoms with Crippen molar-refractivity contribution >= 4 is 22.7 Å². The Morgan fingerprint density at radius 2 is 2.05 bits per heavy atom. The first kappa shape index (κ1) is 13.9. The first-order valence-electron chi connectivity index (χ1n) is 6.69. The second-order valence-corrected chi connectivity index (χ2v) is 5.99. The van der Waals surface area contributed by atoms with Crippen LogP contribution in [0.3, 0.4) is 0 Å². The zero-order valence-electron chi connectivity index (χ0n) is 12.1. The molecule has 0 fully saturated rings. The summed E-state index contributed by atoms with van der Waals surface area (Å²) in [6, 6.07) is 11.3. The summed E-state index contributed by atoms with van der Waals surface area (Å²) in [5, 5.41) is 5.80. The van der Waals surface area contributed by atoms with E-state index in [4.69, 9.17) is 0 Å². The molecule has 0 amide bonds. The molecule has 0 saturated heterocycles. The number of rotatable bonds is 5. The summed E-state index contributed by atoms with van der Waals surface area (Å²) in [6.07, 6.45) is 1.09. The fraction of sp³-hybridized carbons (Fsp3) is 0.375. The Morgan fingerprint density at radius 3 is 2.58 bits per heavy atom. The van der Waals surface area contributed by atoms with Gasteiger partial charge in [-0.2, -0.15) is 0 Å². The molecule has 2 rings (SSSR count). The minimum atomic E-state index is 0.406. The predicted molar refractivity (Wildman–Crippen MR) is 86.5 cm³/mol. The van der Waals surface area contributed by atoms with E-state index in [-0.39, 0.29) is 0 Å². The number of thiophene rings is 1. The van der Waals surface area contributed by atoms with Gasteiger partial charge in [0.05, 0.1) is 6.04 Å². The van der Waals surface area contributed by atoms with Gasteiger partial charge in [-0.05, 0) is 48.6 Å². The average molecular weight is 274 g/mol. The maximum absolute atomic E-state index is 3.66. The van der Waals surface area contributed by atoms with Crippen LogP contribution in [0.15, 0.2) is 35.7 Å². The monoisotopic (exact) mass is 274 g/mol. The van der Waals surface area contributed by atoms with Gasteiger partial charge < -0.3 is 10.2 Å². The van der Waals surface area contributed by atoms with Crippen molar-refractivity contribution in [3.63, 3.8) is 0 Å². The Bertz CT molecular complexity index is 518. The number of hydrogen-bond donors (Lipinski definition) is 1. The van der Waals surface area contributed by atoms with Crippen molar-refractivity contribution in [3.05, 3.63) is 46.2 Å². The fourth-order valence-electron chi connectivity index (χ4n) is 2.14. The molecule has 2 nitrogen and oxygen atoms in total. The molecular weight excluding hydrogens is 252 g/mol. The number of hydrogen-bond acceptors (Lipinski definition) is 3.